The van der Waals surface area contributed by atoms with Crippen molar-refractivity contribution in [2.24, 2.45) is 0 Å². The lowest BCUT2D eigenvalue weighted by atomic mass is 10.2. The minimum absolute atomic E-state index is 0.0110. The summed E-state index contributed by atoms with van der Waals surface area (Å²) in [5.74, 6) is -0.0110. The Labute approximate surface area is 137 Å². The molecule has 2 rings (SSSR count). The fourth-order valence-electron chi connectivity index (χ4n) is 1.67. The lowest BCUT2D eigenvalue weighted by Crippen LogP contribution is -2.20. The Balaban J connectivity index is 2.08. The van der Waals surface area contributed by atoms with Gasteiger partial charge in [0.2, 0.25) is 0 Å². The Morgan fingerprint density at radius 3 is 2.46 bits per heavy atom. The normalized spacial score (nSPS) is 11.0. The number of rotatable bonds is 3. The van der Waals surface area contributed by atoms with Crippen molar-refractivity contribution in [3.05, 3.63) is 57.2 Å². The molecule has 0 saturated heterocycles. The van der Waals surface area contributed by atoms with E-state index in [0.29, 0.717) is 6.07 Å². The van der Waals surface area contributed by atoms with Crippen LogP contribution in [-0.2, 0) is 6.18 Å². The van der Waals surface area contributed by atoms with Crippen LogP contribution in [0.1, 0.15) is 5.56 Å². The van der Waals surface area contributed by atoms with E-state index in [1.807, 2.05) is 0 Å². The van der Waals surface area contributed by atoms with Crippen molar-refractivity contribution in [1.82, 2.24) is 4.98 Å². The number of urea groups is 1. The number of hydrogen-bond acceptors (Lipinski definition) is 4. The summed E-state index contributed by atoms with van der Waals surface area (Å²) in [4.78, 5) is 25.2. The van der Waals surface area contributed by atoms with E-state index < -0.39 is 27.7 Å². The Hall–Kier alpha value is -2.88. The van der Waals surface area contributed by atoms with Crippen LogP contribution in [0.25, 0.3) is 0 Å². The summed E-state index contributed by atoms with van der Waals surface area (Å²) in [7, 11) is 0. The molecule has 7 nitrogen and oxygen atoms in total. The Morgan fingerprint density at radius 1 is 1.21 bits per heavy atom. The molecule has 2 N–H and O–H groups in total. The molecule has 0 saturated carbocycles. The molecule has 2 amide bonds. The van der Waals surface area contributed by atoms with Crippen molar-refractivity contribution < 1.29 is 22.9 Å². The maximum Gasteiger partial charge on any atom is 0.417 e. The van der Waals surface area contributed by atoms with Crippen molar-refractivity contribution in [3.63, 3.8) is 0 Å². The van der Waals surface area contributed by atoms with Gasteiger partial charge in [0.15, 0.2) is 0 Å². The zero-order valence-electron chi connectivity index (χ0n) is 11.6. The van der Waals surface area contributed by atoms with Crippen molar-refractivity contribution in [2.75, 3.05) is 10.6 Å². The van der Waals surface area contributed by atoms with Gasteiger partial charge in [-0.15, -0.1) is 0 Å². The summed E-state index contributed by atoms with van der Waals surface area (Å²) in [5.41, 5.74) is -1.49. The molecule has 2 aromatic rings. The second-order valence-corrected chi connectivity index (χ2v) is 4.84. The lowest BCUT2D eigenvalue weighted by molar-refractivity contribution is -0.385. The molecule has 11 heteroatoms. The summed E-state index contributed by atoms with van der Waals surface area (Å²) < 4.78 is 38.2. The first-order valence-electron chi connectivity index (χ1n) is 6.22. The molecule has 0 aliphatic carbocycles. The van der Waals surface area contributed by atoms with Crippen LogP contribution in [0, 0.1) is 10.1 Å². The third kappa shape index (κ3) is 4.32. The van der Waals surface area contributed by atoms with Crippen LogP contribution in [0.5, 0.6) is 0 Å². The van der Waals surface area contributed by atoms with Crippen molar-refractivity contribution in [1.29, 1.82) is 0 Å². The monoisotopic (exact) mass is 360 g/mol. The maximum atomic E-state index is 12.7. The first kappa shape index (κ1) is 17.5. The van der Waals surface area contributed by atoms with Gasteiger partial charge in [0.05, 0.1) is 15.5 Å². The summed E-state index contributed by atoms with van der Waals surface area (Å²) in [5, 5.41) is 14.4. The van der Waals surface area contributed by atoms with Gasteiger partial charge in [0, 0.05) is 11.8 Å². The van der Waals surface area contributed by atoms with Gasteiger partial charge in [-0.3, -0.25) is 15.4 Å². The second kappa shape index (κ2) is 6.71. The van der Waals surface area contributed by atoms with Crippen LogP contribution in [0.15, 0.2) is 36.5 Å². The Kier molecular flexibility index (Phi) is 4.88. The SMILES string of the molecule is O=C(Nc1ccc(Cl)c(C(F)(F)F)c1)Nc1ccc([N+](=O)[O-])cn1. The fraction of sp³-hybridized carbons (Fsp3) is 0.0769. The molecule has 0 atom stereocenters. The second-order valence-electron chi connectivity index (χ2n) is 4.43. The average Bonchev–Trinajstić information content (AvgIpc) is 2.48. The molecule has 0 aliphatic rings. The van der Waals surface area contributed by atoms with Crippen LogP contribution in [-0.4, -0.2) is 15.9 Å². The highest BCUT2D eigenvalue weighted by Gasteiger charge is 2.33. The van der Waals surface area contributed by atoms with E-state index in [2.05, 4.69) is 15.6 Å². The predicted molar refractivity (Wildman–Crippen MR) is 80.0 cm³/mol. The third-order valence-corrected chi connectivity index (χ3v) is 3.06. The number of hydrogen-bond donors (Lipinski definition) is 2. The Morgan fingerprint density at radius 2 is 1.92 bits per heavy atom. The van der Waals surface area contributed by atoms with Gasteiger partial charge in [-0.05, 0) is 24.3 Å². The molecular weight excluding hydrogens is 353 g/mol. The summed E-state index contributed by atoms with van der Waals surface area (Å²) in [6, 6.07) is 4.31. The molecule has 0 aliphatic heterocycles. The van der Waals surface area contributed by atoms with Gasteiger partial charge in [-0.1, -0.05) is 11.6 Å². The molecule has 0 unspecified atom stereocenters. The molecule has 1 aromatic carbocycles. The molecule has 0 fully saturated rings. The van der Waals surface area contributed by atoms with Gasteiger partial charge < -0.3 is 5.32 Å². The van der Waals surface area contributed by atoms with Gasteiger partial charge in [0.1, 0.15) is 12.0 Å². The van der Waals surface area contributed by atoms with E-state index in [-0.39, 0.29) is 17.2 Å². The highest BCUT2D eigenvalue weighted by Crippen LogP contribution is 2.36. The van der Waals surface area contributed by atoms with Crippen LogP contribution >= 0.6 is 11.6 Å². The van der Waals surface area contributed by atoms with Gasteiger partial charge in [0.25, 0.3) is 5.69 Å². The predicted octanol–water partition coefficient (Wildman–Crippen LogP) is 4.31. The number of amides is 2. The number of benzene rings is 1. The first-order valence-corrected chi connectivity index (χ1v) is 6.60. The summed E-state index contributed by atoms with van der Waals surface area (Å²) >= 11 is 5.47. The minimum atomic E-state index is -4.66. The molecule has 0 bridgehead atoms. The largest absolute Gasteiger partial charge is 0.417 e. The maximum absolute atomic E-state index is 12.7. The van der Waals surface area contributed by atoms with E-state index in [9.17, 15) is 28.1 Å². The lowest BCUT2D eigenvalue weighted by Gasteiger charge is -2.12. The highest BCUT2D eigenvalue weighted by atomic mass is 35.5. The van der Waals surface area contributed by atoms with E-state index in [0.717, 1.165) is 18.3 Å². The minimum Gasteiger partial charge on any atom is -0.308 e. The highest BCUT2D eigenvalue weighted by molar-refractivity contribution is 6.31. The molecule has 1 heterocycles. The van der Waals surface area contributed by atoms with Crippen molar-refractivity contribution in [3.8, 4) is 0 Å². The molecule has 0 spiro atoms. The Bertz CT molecular complexity index is 781. The third-order valence-electron chi connectivity index (χ3n) is 2.73. The number of nitro groups is 1. The average molecular weight is 361 g/mol. The molecule has 24 heavy (non-hydrogen) atoms. The van der Waals surface area contributed by atoms with Gasteiger partial charge >= 0.3 is 12.2 Å². The number of nitrogens with one attached hydrogen (secondary N) is 2. The number of nitrogens with zero attached hydrogens (tertiary/aromatic N) is 2. The zero-order valence-corrected chi connectivity index (χ0v) is 12.4. The van der Waals surface area contributed by atoms with Gasteiger partial charge in [-0.2, -0.15) is 13.2 Å². The van der Waals surface area contributed by atoms with Crippen LogP contribution in [0.2, 0.25) is 5.02 Å². The van der Waals surface area contributed by atoms with Crippen molar-refractivity contribution in [2.45, 2.75) is 6.18 Å². The zero-order chi connectivity index (χ0) is 17.9. The quantitative estimate of drug-likeness (QED) is 0.629. The van der Waals surface area contributed by atoms with Crippen LogP contribution < -0.4 is 10.6 Å². The van der Waals surface area contributed by atoms with E-state index >= 15 is 0 Å². The topological polar surface area (TPSA) is 97.2 Å². The molecule has 126 valence electrons. The van der Waals surface area contributed by atoms with Gasteiger partial charge in [-0.25, -0.2) is 9.78 Å². The summed E-state index contributed by atoms with van der Waals surface area (Å²) in [6.45, 7) is 0. The standard InChI is InChI=1S/C13H8ClF3N4O3/c14-10-3-1-7(5-9(10)13(15,16)17)19-12(22)20-11-4-2-8(6-18-11)21(23)24/h1-6H,(H2,18,19,20,22). The van der Waals surface area contributed by atoms with E-state index in [1.165, 1.54) is 12.1 Å². The van der Waals surface area contributed by atoms with Crippen molar-refractivity contribution >= 4 is 34.8 Å². The molecule has 0 radical (unpaired) electrons. The number of aromatic nitrogens is 1. The first-order chi connectivity index (χ1) is 11.2. The molecular formula is C13H8ClF3N4O3. The number of carbonyl (C=O) groups is 1. The number of halogens is 4. The van der Waals surface area contributed by atoms with Crippen LogP contribution in [0.3, 0.4) is 0 Å². The van der Waals surface area contributed by atoms with Crippen LogP contribution in [0.4, 0.5) is 35.2 Å². The number of alkyl halides is 3. The van der Waals surface area contributed by atoms with E-state index in [1.54, 1.807) is 0 Å². The molecule has 1 aromatic heterocycles. The number of anilines is 2. The smallest absolute Gasteiger partial charge is 0.308 e. The summed E-state index contributed by atoms with van der Waals surface area (Å²) in [6.07, 6.45) is -3.73. The number of carbonyl (C=O) groups excluding carboxylic acids is 1. The number of pyridine rings is 1. The fourth-order valence-corrected chi connectivity index (χ4v) is 1.89. The van der Waals surface area contributed by atoms with E-state index in [4.69, 9.17) is 11.6 Å².